The quantitative estimate of drug-likeness (QED) is 0.761. The van der Waals surface area contributed by atoms with Gasteiger partial charge >= 0.3 is 0 Å². The summed E-state index contributed by atoms with van der Waals surface area (Å²) in [7, 11) is 0. The first kappa shape index (κ1) is 14.2. The number of hydrogen-bond acceptors (Lipinski definition) is 2. The highest BCUT2D eigenvalue weighted by Gasteiger charge is 2.32. The molecule has 2 nitrogen and oxygen atoms in total. The summed E-state index contributed by atoms with van der Waals surface area (Å²) in [6.45, 7) is 6.83. The molecule has 0 N–H and O–H groups in total. The van der Waals surface area contributed by atoms with Crippen LogP contribution < -0.4 is 4.74 Å². The molecule has 3 rings (SSSR count). The lowest BCUT2D eigenvalue weighted by Crippen LogP contribution is -2.18. The monoisotopic (exact) mass is 300 g/mol. The number of ether oxygens (including phenoxy) is 1. The summed E-state index contributed by atoms with van der Waals surface area (Å²) in [6, 6.07) is 11.1. The lowest BCUT2D eigenvalue weighted by atomic mass is 9.85. The van der Waals surface area contributed by atoms with Crippen LogP contribution in [-0.2, 0) is 5.41 Å². The molecule has 0 bridgehead atoms. The van der Waals surface area contributed by atoms with E-state index in [1.165, 1.54) is 0 Å². The van der Waals surface area contributed by atoms with Crippen molar-refractivity contribution in [3.63, 3.8) is 0 Å². The number of halogens is 1. The van der Waals surface area contributed by atoms with Crippen molar-refractivity contribution in [1.82, 2.24) is 0 Å². The highest BCUT2D eigenvalue weighted by molar-refractivity contribution is 6.31. The number of hydrogen-bond donors (Lipinski definition) is 0. The van der Waals surface area contributed by atoms with Gasteiger partial charge in [-0.05, 0) is 48.9 Å². The standard InChI is InChI=1S/C18H17ClO2/c1-11-6-13(8-14(19)7-11)17(20)12-4-5-16-15(9-12)18(2,3)10-21-16/h4-9H,10H2,1-3H3. The molecule has 0 atom stereocenters. The SMILES string of the molecule is Cc1cc(Cl)cc(C(=O)c2ccc3c(c2)C(C)(C)CO3)c1. The zero-order valence-electron chi connectivity index (χ0n) is 12.4. The Morgan fingerprint density at radius 1 is 1.14 bits per heavy atom. The maximum Gasteiger partial charge on any atom is 0.193 e. The van der Waals surface area contributed by atoms with Crippen LogP contribution in [0.25, 0.3) is 0 Å². The lowest BCUT2D eigenvalue weighted by molar-refractivity contribution is 0.103. The van der Waals surface area contributed by atoms with Crippen LogP contribution >= 0.6 is 11.6 Å². The van der Waals surface area contributed by atoms with Crippen LogP contribution in [0.4, 0.5) is 0 Å². The molecule has 0 unspecified atom stereocenters. The molecule has 0 aliphatic carbocycles. The fourth-order valence-corrected chi connectivity index (χ4v) is 2.99. The average Bonchev–Trinajstić information content (AvgIpc) is 2.72. The maximum atomic E-state index is 12.7. The van der Waals surface area contributed by atoms with E-state index in [0.717, 1.165) is 16.9 Å². The van der Waals surface area contributed by atoms with E-state index < -0.39 is 0 Å². The highest BCUT2D eigenvalue weighted by atomic mass is 35.5. The Bertz CT molecular complexity index is 712. The third kappa shape index (κ3) is 2.56. The molecule has 2 aromatic rings. The fraction of sp³-hybridized carbons (Fsp3) is 0.278. The largest absolute Gasteiger partial charge is 0.492 e. The van der Waals surface area contributed by atoms with E-state index in [4.69, 9.17) is 16.3 Å². The Labute approximate surface area is 129 Å². The van der Waals surface area contributed by atoms with Crippen LogP contribution in [0.1, 0.15) is 40.9 Å². The van der Waals surface area contributed by atoms with Crippen molar-refractivity contribution in [2.24, 2.45) is 0 Å². The van der Waals surface area contributed by atoms with E-state index in [-0.39, 0.29) is 11.2 Å². The average molecular weight is 301 g/mol. The topological polar surface area (TPSA) is 26.3 Å². The number of carbonyl (C=O) groups excluding carboxylic acids is 1. The Hall–Kier alpha value is -1.80. The van der Waals surface area contributed by atoms with Crippen molar-refractivity contribution in [2.75, 3.05) is 6.61 Å². The summed E-state index contributed by atoms with van der Waals surface area (Å²) in [5.74, 6) is 0.866. The first-order valence-corrected chi connectivity index (χ1v) is 7.34. The van der Waals surface area contributed by atoms with Crippen molar-refractivity contribution in [2.45, 2.75) is 26.2 Å². The van der Waals surface area contributed by atoms with Crippen molar-refractivity contribution >= 4 is 17.4 Å². The number of benzene rings is 2. The molecular weight excluding hydrogens is 284 g/mol. The molecule has 0 saturated heterocycles. The van der Waals surface area contributed by atoms with Gasteiger partial charge in [0.1, 0.15) is 5.75 Å². The van der Waals surface area contributed by atoms with Crippen LogP contribution in [0.15, 0.2) is 36.4 Å². The molecule has 0 spiro atoms. The van der Waals surface area contributed by atoms with Gasteiger partial charge in [-0.15, -0.1) is 0 Å². The summed E-state index contributed by atoms with van der Waals surface area (Å²) >= 11 is 6.05. The molecular formula is C18H17ClO2. The Morgan fingerprint density at radius 3 is 2.62 bits per heavy atom. The Balaban J connectivity index is 2.03. The lowest BCUT2D eigenvalue weighted by Gasteiger charge is -2.15. The number of ketones is 1. The molecule has 0 amide bonds. The van der Waals surface area contributed by atoms with Gasteiger partial charge in [0.25, 0.3) is 0 Å². The molecule has 0 saturated carbocycles. The van der Waals surface area contributed by atoms with Gasteiger partial charge in [-0.1, -0.05) is 25.4 Å². The minimum absolute atomic E-state index is 0.00824. The van der Waals surface area contributed by atoms with Gasteiger partial charge in [0.15, 0.2) is 5.78 Å². The minimum atomic E-state index is -0.0596. The van der Waals surface area contributed by atoms with Crippen molar-refractivity contribution in [1.29, 1.82) is 0 Å². The van der Waals surface area contributed by atoms with Gasteiger partial charge < -0.3 is 4.74 Å². The van der Waals surface area contributed by atoms with E-state index in [1.807, 2.05) is 37.3 Å². The van der Waals surface area contributed by atoms with Crippen LogP contribution in [0.2, 0.25) is 5.02 Å². The van der Waals surface area contributed by atoms with Crippen molar-refractivity contribution < 1.29 is 9.53 Å². The summed E-state index contributed by atoms with van der Waals surface area (Å²) in [6.07, 6.45) is 0. The predicted molar refractivity (Wildman–Crippen MR) is 84.6 cm³/mol. The van der Waals surface area contributed by atoms with Gasteiger partial charge in [-0.3, -0.25) is 4.79 Å². The molecule has 1 aliphatic rings. The van der Waals surface area contributed by atoms with Crippen LogP contribution in [0.3, 0.4) is 0 Å². The molecule has 21 heavy (non-hydrogen) atoms. The molecule has 0 fully saturated rings. The third-order valence-electron chi connectivity index (χ3n) is 3.86. The zero-order chi connectivity index (χ0) is 15.2. The molecule has 1 aliphatic heterocycles. The summed E-state index contributed by atoms with van der Waals surface area (Å²) < 4.78 is 5.66. The second-order valence-corrected chi connectivity index (χ2v) is 6.67. The Morgan fingerprint density at radius 2 is 1.90 bits per heavy atom. The first-order valence-electron chi connectivity index (χ1n) is 6.96. The molecule has 108 valence electrons. The zero-order valence-corrected chi connectivity index (χ0v) is 13.1. The van der Waals surface area contributed by atoms with Gasteiger partial charge in [-0.25, -0.2) is 0 Å². The Kier molecular flexibility index (Phi) is 3.29. The normalized spacial score (nSPS) is 15.4. The fourth-order valence-electron chi connectivity index (χ4n) is 2.70. The molecule has 0 aromatic heterocycles. The van der Waals surface area contributed by atoms with Gasteiger partial charge in [0.2, 0.25) is 0 Å². The molecule has 2 aromatic carbocycles. The van der Waals surface area contributed by atoms with E-state index >= 15 is 0 Å². The summed E-state index contributed by atoms with van der Waals surface area (Å²) in [4.78, 5) is 12.7. The second kappa shape index (κ2) is 4.88. The third-order valence-corrected chi connectivity index (χ3v) is 4.08. The number of carbonyl (C=O) groups is 1. The first-order chi connectivity index (χ1) is 9.87. The van der Waals surface area contributed by atoms with Gasteiger partial charge in [0, 0.05) is 27.1 Å². The number of rotatable bonds is 2. The van der Waals surface area contributed by atoms with Gasteiger partial charge in [0.05, 0.1) is 6.61 Å². The second-order valence-electron chi connectivity index (χ2n) is 6.23. The highest BCUT2D eigenvalue weighted by Crippen LogP contribution is 2.39. The van der Waals surface area contributed by atoms with Crippen molar-refractivity contribution in [3.05, 3.63) is 63.7 Å². The van der Waals surface area contributed by atoms with Gasteiger partial charge in [-0.2, -0.15) is 0 Å². The van der Waals surface area contributed by atoms with Crippen LogP contribution in [0, 0.1) is 6.92 Å². The predicted octanol–water partition coefficient (Wildman–Crippen LogP) is 4.55. The maximum absolute atomic E-state index is 12.7. The van der Waals surface area contributed by atoms with Crippen LogP contribution in [0.5, 0.6) is 5.75 Å². The molecule has 1 heterocycles. The molecule has 3 heteroatoms. The summed E-state index contributed by atoms with van der Waals surface area (Å²) in [5, 5.41) is 0.586. The van der Waals surface area contributed by atoms with E-state index in [1.54, 1.807) is 6.07 Å². The minimum Gasteiger partial charge on any atom is -0.492 e. The molecule has 0 radical (unpaired) electrons. The number of aryl methyl sites for hydroxylation is 1. The van der Waals surface area contributed by atoms with E-state index in [9.17, 15) is 4.79 Å². The van der Waals surface area contributed by atoms with Crippen molar-refractivity contribution in [3.8, 4) is 5.75 Å². The summed E-state index contributed by atoms with van der Waals surface area (Å²) in [5.41, 5.74) is 3.31. The van der Waals surface area contributed by atoms with E-state index in [0.29, 0.717) is 22.8 Å². The van der Waals surface area contributed by atoms with Crippen LogP contribution in [-0.4, -0.2) is 12.4 Å². The smallest absolute Gasteiger partial charge is 0.193 e. The number of fused-ring (bicyclic) bond motifs is 1. The van der Waals surface area contributed by atoms with E-state index in [2.05, 4.69) is 13.8 Å².